The fraction of sp³-hybridized carbons (Fsp3) is 0.368. The number of anilines is 1. The first-order chi connectivity index (χ1) is 13.0. The number of carbonyl (C=O) groups is 1. The van der Waals surface area contributed by atoms with Crippen LogP contribution in [-0.2, 0) is 6.54 Å². The number of aromatic nitrogens is 1. The Bertz CT molecular complexity index is 823. The lowest BCUT2D eigenvalue weighted by molar-refractivity contribution is 0.1000. The Morgan fingerprint density at radius 2 is 1.85 bits per heavy atom. The number of amides is 1. The molecule has 0 radical (unpaired) electrons. The highest BCUT2D eigenvalue weighted by Gasteiger charge is 2.22. The second-order valence-electron chi connectivity index (χ2n) is 6.30. The number of carbonyl (C=O) groups excluding carboxylic acids is 1. The number of ether oxygens (including phenoxy) is 2. The molecule has 1 saturated heterocycles. The zero-order chi connectivity index (χ0) is 19.4. The molecule has 1 aliphatic heterocycles. The molecular formula is C19H23ClN4O3. The minimum absolute atomic E-state index is 0.453. The van der Waals surface area contributed by atoms with E-state index in [1.165, 1.54) is 0 Å². The second kappa shape index (κ2) is 8.45. The molecule has 1 aromatic heterocycles. The molecule has 27 heavy (non-hydrogen) atoms. The number of nitrogens with zero attached hydrogens (tertiary/aromatic N) is 3. The van der Waals surface area contributed by atoms with Gasteiger partial charge in [-0.05, 0) is 23.8 Å². The van der Waals surface area contributed by atoms with Crippen molar-refractivity contribution in [2.45, 2.75) is 6.54 Å². The molecule has 0 aliphatic carbocycles. The van der Waals surface area contributed by atoms with Crippen LogP contribution in [0.4, 0.5) is 5.82 Å². The zero-order valence-corrected chi connectivity index (χ0v) is 16.2. The van der Waals surface area contributed by atoms with Crippen LogP contribution in [0.5, 0.6) is 11.5 Å². The van der Waals surface area contributed by atoms with Crippen molar-refractivity contribution in [1.82, 2.24) is 9.88 Å². The smallest absolute Gasteiger partial charge is 0.252 e. The number of methoxy groups -OCH3 is 2. The number of piperazine rings is 1. The molecule has 144 valence electrons. The van der Waals surface area contributed by atoms with E-state index in [0.29, 0.717) is 34.4 Å². The van der Waals surface area contributed by atoms with Crippen molar-refractivity contribution in [2.24, 2.45) is 5.73 Å². The van der Waals surface area contributed by atoms with Crippen LogP contribution < -0.4 is 20.1 Å². The largest absolute Gasteiger partial charge is 0.493 e. The van der Waals surface area contributed by atoms with Crippen molar-refractivity contribution in [3.8, 4) is 11.5 Å². The maximum absolute atomic E-state index is 11.6. The molecule has 3 rings (SSSR count). The zero-order valence-electron chi connectivity index (χ0n) is 15.4. The predicted octanol–water partition coefficient (Wildman–Crippen LogP) is 2.17. The fourth-order valence-corrected chi connectivity index (χ4v) is 3.43. The quantitative estimate of drug-likeness (QED) is 0.814. The summed E-state index contributed by atoms with van der Waals surface area (Å²) in [5, 5.41) is 0.649. The molecule has 2 heterocycles. The number of rotatable bonds is 6. The Labute approximate surface area is 163 Å². The number of halogens is 1. The summed E-state index contributed by atoms with van der Waals surface area (Å²) in [7, 11) is 3.20. The van der Waals surface area contributed by atoms with E-state index in [0.717, 1.165) is 31.7 Å². The maximum atomic E-state index is 11.6. The molecule has 0 unspecified atom stereocenters. The lowest BCUT2D eigenvalue weighted by atomic mass is 10.1. The van der Waals surface area contributed by atoms with Gasteiger partial charge in [-0.15, -0.1) is 0 Å². The topological polar surface area (TPSA) is 80.9 Å². The van der Waals surface area contributed by atoms with E-state index in [-0.39, 0.29) is 0 Å². The standard InChI is InChI=1S/C19H23ClN4O3/c1-26-16-10-13(15(20)11-17(16)27-2)12-23-6-8-24(9-7-23)19-14(18(21)25)4-3-5-22-19/h3-5,10-11H,6-9,12H2,1-2H3,(H2,21,25). The molecule has 1 aromatic carbocycles. The lowest BCUT2D eigenvalue weighted by Crippen LogP contribution is -2.46. The molecule has 7 nitrogen and oxygen atoms in total. The Morgan fingerprint density at radius 3 is 2.48 bits per heavy atom. The van der Waals surface area contributed by atoms with Gasteiger partial charge in [0.1, 0.15) is 5.82 Å². The van der Waals surface area contributed by atoms with Crippen molar-refractivity contribution >= 4 is 23.3 Å². The first-order valence-electron chi connectivity index (χ1n) is 8.66. The van der Waals surface area contributed by atoms with Crippen molar-refractivity contribution in [3.63, 3.8) is 0 Å². The highest BCUT2D eigenvalue weighted by molar-refractivity contribution is 6.31. The van der Waals surface area contributed by atoms with Crippen molar-refractivity contribution in [1.29, 1.82) is 0 Å². The van der Waals surface area contributed by atoms with E-state index in [4.69, 9.17) is 26.8 Å². The Balaban J connectivity index is 1.68. The lowest BCUT2D eigenvalue weighted by Gasteiger charge is -2.36. The number of primary amides is 1. The van der Waals surface area contributed by atoms with E-state index in [9.17, 15) is 4.79 Å². The Kier molecular flexibility index (Phi) is 6.03. The summed E-state index contributed by atoms with van der Waals surface area (Å²) in [5.74, 6) is 1.46. The summed E-state index contributed by atoms with van der Waals surface area (Å²) in [6, 6.07) is 7.12. The van der Waals surface area contributed by atoms with Gasteiger partial charge >= 0.3 is 0 Å². The molecule has 0 spiro atoms. The molecule has 1 amide bonds. The van der Waals surface area contributed by atoms with Crippen LogP contribution in [0, 0.1) is 0 Å². The fourth-order valence-electron chi connectivity index (χ4n) is 3.22. The van der Waals surface area contributed by atoms with Gasteiger partial charge in [-0.1, -0.05) is 11.6 Å². The SMILES string of the molecule is COc1cc(Cl)c(CN2CCN(c3ncccc3C(N)=O)CC2)cc1OC. The van der Waals surface area contributed by atoms with E-state index in [1.807, 2.05) is 6.07 Å². The molecule has 1 aliphatic rings. The maximum Gasteiger partial charge on any atom is 0.252 e. The van der Waals surface area contributed by atoms with Gasteiger partial charge < -0.3 is 20.1 Å². The second-order valence-corrected chi connectivity index (χ2v) is 6.71. The van der Waals surface area contributed by atoms with Crippen LogP contribution in [0.2, 0.25) is 5.02 Å². The van der Waals surface area contributed by atoms with Gasteiger partial charge in [-0.25, -0.2) is 4.98 Å². The number of hydrogen-bond acceptors (Lipinski definition) is 6. The minimum atomic E-state index is -0.461. The summed E-state index contributed by atoms with van der Waals surface area (Å²) < 4.78 is 10.7. The molecule has 2 aromatic rings. The molecular weight excluding hydrogens is 368 g/mol. The van der Waals surface area contributed by atoms with E-state index < -0.39 is 5.91 Å². The van der Waals surface area contributed by atoms with Gasteiger partial charge in [0.15, 0.2) is 11.5 Å². The van der Waals surface area contributed by atoms with Gasteiger partial charge in [-0.3, -0.25) is 9.69 Å². The van der Waals surface area contributed by atoms with Crippen LogP contribution >= 0.6 is 11.6 Å². The third-order valence-electron chi connectivity index (χ3n) is 4.67. The van der Waals surface area contributed by atoms with Gasteiger partial charge in [0, 0.05) is 50.0 Å². The normalized spacial score (nSPS) is 14.9. The minimum Gasteiger partial charge on any atom is -0.493 e. The predicted molar refractivity (Wildman–Crippen MR) is 105 cm³/mol. The summed E-state index contributed by atoms with van der Waals surface area (Å²) >= 11 is 6.40. The first kappa shape index (κ1) is 19.3. The summed E-state index contributed by atoms with van der Waals surface area (Å²) in [6.07, 6.45) is 1.68. The highest BCUT2D eigenvalue weighted by atomic mass is 35.5. The summed E-state index contributed by atoms with van der Waals surface area (Å²) in [6.45, 7) is 3.85. The summed E-state index contributed by atoms with van der Waals surface area (Å²) in [5.41, 5.74) is 6.90. The van der Waals surface area contributed by atoms with Gasteiger partial charge in [0.2, 0.25) is 0 Å². The van der Waals surface area contributed by atoms with Gasteiger partial charge in [0.05, 0.1) is 19.8 Å². The van der Waals surface area contributed by atoms with Crippen LogP contribution in [0.15, 0.2) is 30.5 Å². The van der Waals surface area contributed by atoms with Crippen molar-refractivity contribution < 1.29 is 14.3 Å². The van der Waals surface area contributed by atoms with Crippen LogP contribution in [0.1, 0.15) is 15.9 Å². The molecule has 1 fully saturated rings. The first-order valence-corrected chi connectivity index (χ1v) is 9.03. The summed E-state index contributed by atoms with van der Waals surface area (Å²) in [4.78, 5) is 20.4. The highest BCUT2D eigenvalue weighted by Crippen LogP contribution is 2.33. The number of benzene rings is 1. The monoisotopic (exact) mass is 390 g/mol. The van der Waals surface area contributed by atoms with E-state index in [1.54, 1.807) is 38.6 Å². The Morgan fingerprint density at radius 1 is 1.19 bits per heavy atom. The van der Waals surface area contributed by atoms with E-state index >= 15 is 0 Å². The van der Waals surface area contributed by atoms with Crippen LogP contribution in [-0.4, -0.2) is 56.2 Å². The number of nitrogens with two attached hydrogens (primary N) is 1. The van der Waals surface area contributed by atoms with Crippen LogP contribution in [0.3, 0.4) is 0 Å². The average molecular weight is 391 g/mol. The molecule has 0 bridgehead atoms. The third kappa shape index (κ3) is 4.26. The van der Waals surface area contributed by atoms with Gasteiger partial charge in [-0.2, -0.15) is 0 Å². The Hall–Kier alpha value is -2.51. The van der Waals surface area contributed by atoms with Crippen molar-refractivity contribution in [3.05, 3.63) is 46.6 Å². The third-order valence-corrected chi connectivity index (χ3v) is 5.02. The molecule has 2 N–H and O–H groups in total. The number of pyridine rings is 1. The molecule has 0 saturated carbocycles. The van der Waals surface area contributed by atoms with Gasteiger partial charge in [0.25, 0.3) is 5.91 Å². The van der Waals surface area contributed by atoms with Crippen LogP contribution in [0.25, 0.3) is 0 Å². The van der Waals surface area contributed by atoms with Crippen molar-refractivity contribution in [2.75, 3.05) is 45.3 Å². The molecule has 8 heteroatoms. The molecule has 0 atom stereocenters. The van der Waals surface area contributed by atoms with E-state index in [2.05, 4.69) is 14.8 Å². The average Bonchev–Trinajstić information content (AvgIpc) is 2.69. The number of hydrogen-bond donors (Lipinski definition) is 1.